The van der Waals surface area contributed by atoms with Gasteiger partial charge in [-0.3, -0.25) is 4.79 Å². The van der Waals surface area contributed by atoms with Crippen LogP contribution < -0.4 is 5.32 Å². The molecule has 1 amide bonds. The maximum absolute atomic E-state index is 11.2. The number of nitrogens with zero attached hydrogens (tertiary/aromatic N) is 2. The van der Waals surface area contributed by atoms with Gasteiger partial charge in [-0.2, -0.15) is 5.26 Å². The average molecular weight is 223 g/mol. The molecule has 0 bridgehead atoms. The number of nitrogens with one attached hydrogen (secondary N) is 1. The summed E-state index contributed by atoms with van der Waals surface area (Å²) in [7, 11) is 3.45. The van der Waals surface area contributed by atoms with Crippen LogP contribution >= 0.6 is 11.3 Å². The number of carbonyl (C=O) groups excluding carboxylic acids is 1. The van der Waals surface area contributed by atoms with Crippen LogP contribution in [0.4, 0.5) is 0 Å². The molecule has 1 aromatic rings. The number of thiophene rings is 1. The van der Waals surface area contributed by atoms with E-state index >= 15 is 0 Å². The van der Waals surface area contributed by atoms with E-state index in [0.717, 1.165) is 4.88 Å². The summed E-state index contributed by atoms with van der Waals surface area (Å²) in [6.45, 7) is 0.957. The zero-order chi connectivity index (χ0) is 11.3. The van der Waals surface area contributed by atoms with Crippen LogP contribution in [0.5, 0.6) is 0 Å². The Morgan fingerprint density at radius 1 is 1.67 bits per heavy atom. The van der Waals surface area contributed by atoms with Crippen molar-refractivity contribution >= 4 is 17.2 Å². The molecule has 0 aliphatic heterocycles. The predicted octanol–water partition coefficient (Wildman–Crippen LogP) is 0.798. The lowest BCUT2D eigenvalue weighted by Crippen LogP contribution is -2.32. The van der Waals surface area contributed by atoms with Crippen LogP contribution in [-0.2, 0) is 11.3 Å². The van der Waals surface area contributed by atoms with Crippen molar-refractivity contribution in [3.63, 3.8) is 0 Å². The Morgan fingerprint density at radius 3 is 2.93 bits per heavy atom. The van der Waals surface area contributed by atoms with E-state index in [4.69, 9.17) is 5.26 Å². The van der Waals surface area contributed by atoms with E-state index in [2.05, 4.69) is 11.4 Å². The molecule has 0 spiro atoms. The van der Waals surface area contributed by atoms with Crippen molar-refractivity contribution in [2.24, 2.45) is 0 Å². The minimum atomic E-state index is 0.0482. The van der Waals surface area contributed by atoms with Gasteiger partial charge < -0.3 is 10.2 Å². The van der Waals surface area contributed by atoms with E-state index in [0.29, 0.717) is 18.7 Å². The number of hydrogen-bond donors (Lipinski definition) is 1. The largest absolute Gasteiger partial charge is 0.348 e. The molecular formula is C10H13N3OS. The lowest BCUT2D eigenvalue weighted by atomic mass is 10.3. The molecule has 0 atom stereocenters. The van der Waals surface area contributed by atoms with Crippen molar-refractivity contribution in [1.29, 1.82) is 5.26 Å². The van der Waals surface area contributed by atoms with Gasteiger partial charge >= 0.3 is 0 Å². The van der Waals surface area contributed by atoms with E-state index in [9.17, 15) is 4.79 Å². The molecule has 1 heterocycles. The van der Waals surface area contributed by atoms with E-state index < -0.39 is 0 Å². The standard InChI is InChI=1S/C10H13N3OS/c1-13(2)10(14)6-12-5-9-3-8(4-11)7-15-9/h3,7,12H,5-6H2,1-2H3. The Kier molecular flexibility index (Phi) is 4.28. The van der Waals surface area contributed by atoms with Gasteiger partial charge in [-0.05, 0) is 6.07 Å². The first-order chi connectivity index (χ1) is 7.13. The van der Waals surface area contributed by atoms with Crippen LogP contribution in [0.25, 0.3) is 0 Å². The molecule has 5 heteroatoms. The van der Waals surface area contributed by atoms with E-state index in [-0.39, 0.29) is 5.91 Å². The highest BCUT2D eigenvalue weighted by Gasteiger charge is 2.03. The normalized spacial score (nSPS) is 9.67. The third-order valence-corrected chi connectivity index (χ3v) is 2.79. The van der Waals surface area contributed by atoms with Gasteiger partial charge in [0.2, 0.25) is 5.91 Å². The lowest BCUT2D eigenvalue weighted by Gasteiger charge is -2.10. The first-order valence-electron chi connectivity index (χ1n) is 4.52. The highest BCUT2D eigenvalue weighted by Crippen LogP contribution is 2.12. The molecular weight excluding hydrogens is 210 g/mol. The minimum Gasteiger partial charge on any atom is -0.348 e. The zero-order valence-electron chi connectivity index (χ0n) is 8.78. The first kappa shape index (κ1) is 11.7. The molecule has 0 saturated heterocycles. The van der Waals surface area contributed by atoms with Gasteiger partial charge in [0.25, 0.3) is 0 Å². The van der Waals surface area contributed by atoms with Crippen molar-refractivity contribution < 1.29 is 4.79 Å². The molecule has 1 aromatic heterocycles. The van der Waals surface area contributed by atoms with E-state index in [1.165, 1.54) is 11.3 Å². The number of carbonyl (C=O) groups is 1. The van der Waals surface area contributed by atoms with Crippen LogP contribution in [0, 0.1) is 11.3 Å². The second kappa shape index (κ2) is 5.49. The maximum atomic E-state index is 11.2. The summed E-state index contributed by atoms with van der Waals surface area (Å²) in [4.78, 5) is 13.8. The highest BCUT2D eigenvalue weighted by molar-refractivity contribution is 7.10. The molecule has 1 N–H and O–H groups in total. The number of nitriles is 1. The highest BCUT2D eigenvalue weighted by atomic mass is 32.1. The summed E-state index contributed by atoms with van der Waals surface area (Å²) in [6.07, 6.45) is 0. The minimum absolute atomic E-state index is 0.0482. The molecule has 0 unspecified atom stereocenters. The second-order valence-corrected chi connectivity index (χ2v) is 4.30. The van der Waals surface area contributed by atoms with Crippen LogP contribution in [0.15, 0.2) is 11.4 Å². The summed E-state index contributed by atoms with van der Waals surface area (Å²) in [5.41, 5.74) is 0.677. The molecule has 4 nitrogen and oxygen atoms in total. The smallest absolute Gasteiger partial charge is 0.236 e. The molecule has 0 aliphatic rings. The van der Waals surface area contributed by atoms with Crippen LogP contribution in [0.2, 0.25) is 0 Å². The molecule has 0 radical (unpaired) electrons. The monoisotopic (exact) mass is 223 g/mol. The summed E-state index contributed by atoms with van der Waals surface area (Å²) in [5, 5.41) is 13.5. The molecule has 0 saturated carbocycles. The third-order valence-electron chi connectivity index (χ3n) is 1.86. The van der Waals surface area contributed by atoms with Crippen LogP contribution in [0.3, 0.4) is 0 Å². The Morgan fingerprint density at radius 2 is 2.40 bits per heavy atom. The van der Waals surface area contributed by atoms with Crippen LogP contribution in [0.1, 0.15) is 10.4 Å². The average Bonchev–Trinajstić information content (AvgIpc) is 2.65. The van der Waals surface area contributed by atoms with Gasteiger partial charge in [-0.1, -0.05) is 0 Å². The maximum Gasteiger partial charge on any atom is 0.236 e. The van der Waals surface area contributed by atoms with Crippen molar-refractivity contribution in [2.45, 2.75) is 6.54 Å². The third kappa shape index (κ3) is 3.70. The fourth-order valence-electron chi connectivity index (χ4n) is 0.983. The summed E-state index contributed by atoms with van der Waals surface area (Å²) in [5.74, 6) is 0.0482. The van der Waals surface area contributed by atoms with Gasteiger partial charge in [-0.15, -0.1) is 11.3 Å². The van der Waals surface area contributed by atoms with Gasteiger partial charge in [0.15, 0.2) is 0 Å². The molecule has 80 valence electrons. The van der Waals surface area contributed by atoms with Crippen molar-refractivity contribution in [3.8, 4) is 6.07 Å². The molecule has 0 aliphatic carbocycles. The van der Waals surface area contributed by atoms with Gasteiger partial charge in [-0.25, -0.2) is 0 Å². The quantitative estimate of drug-likeness (QED) is 0.821. The molecule has 0 aromatic carbocycles. The van der Waals surface area contributed by atoms with Gasteiger partial charge in [0.1, 0.15) is 6.07 Å². The fourth-order valence-corrected chi connectivity index (χ4v) is 1.76. The Hall–Kier alpha value is -1.38. The Balaban J connectivity index is 2.32. The first-order valence-corrected chi connectivity index (χ1v) is 5.40. The zero-order valence-corrected chi connectivity index (χ0v) is 9.60. The number of amides is 1. The lowest BCUT2D eigenvalue weighted by molar-refractivity contribution is -0.127. The summed E-state index contributed by atoms with van der Waals surface area (Å²) < 4.78 is 0. The topological polar surface area (TPSA) is 56.1 Å². The van der Waals surface area contributed by atoms with Gasteiger partial charge in [0, 0.05) is 30.9 Å². The molecule has 1 rings (SSSR count). The van der Waals surface area contributed by atoms with Crippen LogP contribution in [-0.4, -0.2) is 31.4 Å². The second-order valence-electron chi connectivity index (χ2n) is 3.31. The number of rotatable bonds is 4. The summed E-state index contributed by atoms with van der Waals surface area (Å²) >= 11 is 1.52. The predicted molar refractivity (Wildman–Crippen MR) is 59.4 cm³/mol. The SMILES string of the molecule is CN(C)C(=O)CNCc1cc(C#N)cs1. The number of likely N-dealkylation sites (N-methyl/N-ethyl adjacent to an activating group) is 1. The Bertz CT molecular complexity index is 378. The van der Waals surface area contributed by atoms with E-state index in [1.54, 1.807) is 19.0 Å². The molecule has 0 fully saturated rings. The number of hydrogen-bond acceptors (Lipinski definition) is 4. The fraction of sp³-hybridized carbons (Fsp3) is 0.400. The van der Waals surface area contributed by atoms with E-state index in [1.807, 2.05) is 11.4 Å². The molecule has 15 heavy (non-hydrogen) atoms. The van der Waals surface area contributed by atoms with Crippen molar-refractivity contribution in [2.75, 3.05) is 20.6 Å². The van der Waals surface area contributed by atoms with Crippen molar-refractivity contribution in [3.05, 3.63) is 21.9 Å². The van der Waals surface area contributed by atoms with Crippen molar-refractivity contribution in [1.82, 2.24) is 10.2 Å². The van der Waals surface area contributed by atoms with Gasteiger partial charge in [0.05, 0.1) is 12.1 Å². The summed E-state index contributed by atoms with van der Waals surface area (Å²) in [6, 6.07) is 3.90. The Labute approximate surface area is 93.1 Å².